The van der Waals surface area contributed by atoms with Crippen molar-refractivity contribution in [3.05, 3.63) is 28.4 Å². The van der Waals surface area contributed by atoms with Gasteiger partial charge in [0, 0.05) is 26.3 Å². The molecule has 0 aromatic carbocycles. The highest BCUT2D eigenvalue weighted by molar-refractivity contribution is 5.40. The van der Waals surface area contributed by atoms with Gasteiger partial charge in [-0.3, -0.25) is 10.1 Å². The second-order valence-corrected chi connectivity index (χ2v) is 4.92. The first-order valence-electron chi connectivity index (χ1n) is 5.78. The Labute approximate surface area is 107 Å². The average Bonchev–Trinajstić information content (AvgIpc) is 2.35. The quantitative estimate of drug-likeness (QED) is 0.596. The minimum absolute atomic E-state index is 0.000747. The van der Waals surface area contributed by atoms with Crippen LogP contribution in [0.4, 0.5) is 11.5 Å². The van der Waals surface area contributed by atoms with Gasteiger partial charge in [-0.15, -0.1) is 0 Å². The molecule has 18 heavy (non-hydrogen) atoms. The van der Waals surface area contributed by atoms with Crippen molar-refractivity contribution in [1.29, 1.82) is 0 Å². The number of hydrogen-bond acceptors (Lipinski definition) is 5. The van der Waals surface area contributed by atoms with Crippen LogP contribution in [-0.4, -0.2) is 30.2 Å². The summed E-state index contributed by atoms with van der Waals surface area (Å²) in [5.74, 6) is 0.645. The summed E-state index contributed by atoms with van der Waals surface area (Å²) in [4.78, 5) is 14.0. The van der Waals surface area contributed by atoms with E-state index in [2.05, 4.69) is 24.1 Å². The fourth-order valence-electron chi connectivity index (χ4n) is 1.40. The van der Waals surface area contributed by atoms with E-state index in [1.54, 1.807) is 13.2 Å². The van der Waals surface area contributed by atoms with Crippen molar-refractivity contribution in [2.45, 2.75) is 20.3 Å². The molecule has 0 aliphatic carbocycles. The van der Waals surface area contributed by atoms with E-state index in [4.69, 9.17) is 4.74 Å². The second kappa shape index (κ2) is 6.30. The van der Waals surface area contributed by atoms with Gasteiger partial charge in [0.05, 0.1) is 4.92 Å². The lowest BCUT2D eigenvalue weighted by Gasteiger charge is -2.24. The summed E-state index contributed by atoms with van der Waals surface area (Å²) in [5.41, 5.74) is 0.0821. The minimum atomic E-state index is -0.459. The molecule has 0 saturated carbocycles. The maximum Gasteiger partial charge on any atom is 0.287 e. The predicted molar refractivity (Wildman–Crippen MR) is 69.7 cm³/mol. The standard InChI is InChI=1S/C12H19N3O3/c1-12(2,6-7-18-3)9-14-11-5-4-10(8-13-11)15(16)17/h4-5,8H,6-7,9H2,1-3H3,(H,13,14). The molecule has 0 aliphatic rings. The third-order valence-corrected chi connectivity index (χ3v) is 2.69. The Kier molecular flexibility index (Phi) is 5.03. The highest BCUT2D eigenvalue weighted by Gasteiger charge is 2.17. The molecule has 0 unspecified atom stereocenters. The van der Waals surface area contributed by atoms with Crippen LogP contribution in [0.25, 0.3) is 0 Å². The van der Waals surface area contributed by atoms with E-state index in [-0.39, 0.29) is 11.1 Å². The van der Waals surface area contributed by atoms with Crippen molar-refractivity contribution in [3.8, 4) is 0 Å². The molecule has 0 atom stereocenters. The van der Waals surface area contributed by atoms with Gasteiger partial charge in [0.1, 0.15) is 12.0 Å². The number of nitrogens with zero attached hydrogens (tertiary/aromatic N) is 2. The van der Waals surface area contributed by atoms with Crippen molar-refractivity contribution in [1.82, 2.24) is 4.98 Å². The van der Waals surface area contributed by atoms with E-state index in [0.717, 1.165) is 13.0 Å². The summed E-state index contributed by atoms with van der Waals surface area (Å²) in [6.45, 7) is 5.71. The van der Waals surface area contributed by atoms with E-state index in [1.807, 2.05) is 0 Å². The largest absolute Gasteiger partial charge is 0.385 e. The van der Waals surface area contributed by atoms with Crippen molar-refractivity contribution < 1.29 is 9.66 Å². The third-order valence-electron chi connectivity index (χ3n) is 2.69. The maximum absolute atomic E-state index is 10.5. The fourth-order valence-corrected chi connectivity index (χ4v) is 1.40. The van der Waals surface area contributed by atoms with E-state index in [0.29, 0.717) is 12.4 Å². The van der Waals surface area contributed by atoms with Crippen LogP contribution in [0.3, 0.4) is 0 Å². The van der Waals surface area contributed by atoms with Crippen LogP contribution in [0.1, 0.15) is 20.3 Å². The number of methoxy groups -OCH3 is 1. The number of hydrogen-bond donors (Lipinski definition) is 1. The van der Waals surface area contributed by atoms with Gasteiger partial charge >= 0.3 is 0 Å². The first-order chi connectivity index (χ1) is 8.44. The topological polar surface area (TPSA) is 77.3 Å². The molecule has 0 aliphatic heterocycles. The Morgan fingerprint density at radius 2 is 2.22 bits per heavy atom. The Hall–Kier alpha value is -1.69. The van der Waals surface area contributed by atoms with Crippen LogP contribution in [0.2, 0.25) is 0 Å². The lowest BCUT2D eigenvalue weighted by atomic mass is 9.90. The zero-order chi connectivity index (χ0) is 13.6. The molecular weight excluding hydrogens is 234 g/mol. The molecule has 0 spiro atoms. The van der Waals surface area contributed by atoms with Gasteiger partial charge in [-0.1, -0.05) is 13.8 Å². The van der Waals surface area contributed by atoms with Crippen LogP contribution in [0, 0.1) is 15.5 Å². The molecule has 1 rings (SSSR count). The fraction of sp³-hybridized carbons (Fsp3) is 0.583. The number of ether oxygens (including phenoxy) is 1. The number of nitro groups is 1. The molecule has 0 bridgehead atoms. The highest BCUT2D eigenvalue weighted by atomic mass is 16.6. The Bertz CT molecular complexity index is 390. The zero-order valence-corrected chi connectivity index (χ0v) is 11.0. The van der Waals surface area contributed by atoms with Crippen molar-refractivity contribution in [2.75, 3.05) is 25.6 Å². The summed E-state index contributed by atoms with van der Waals surface area (Å²) in [7, 11) is 1.68. The van der Waals surface area contributed by atoms with Crippen LogP contribution >= 0.6 is 0 Å². The molecule has 0 radical (unpaired) electrons. The molecule has 100 valence electrons. The van der Waals surface area contributed by atoms with E-state index in [1.165, 1.54) is 12.3 Å². The number of aromatic nitrogens is 1. The summed E-state index contributed by atoms with van der Waals surface area (Å²) in [6.07, 6.45) is 2.19. The van der Waals surface area contributed by atoms with Crippen LogP contribution < -0.4 is 5.32 Å². The Balaban J connectivity index is 2.50. The molecule has 1 N–H and O–H groups in total. The van der Waals surface area contributed by atoms with Gasteiger partial charge < -0.3 is 10.1 Å². The predicted octanol–water partition coefficient (Wildman–Crippen LogP) is 2.46. The highest BCUT2D eigenvalue weighted by Crippen LogP contribution is 2.21. The number of pyridine rings is 1. The second-order valence-electron chi connectivity index (χ2n) is 4.92. The summed E-state index contributed by atoms with van der Waals surface area (Å²) in [6, 6.07) is 3.06. The lowest BCUT2D eigenvalue weighted by molar-refractivity contribution is -0.385. The molecule has 0 fully saturated rings. The zero-order valence-electron chi connectivity index (χ0n) is 11.0. The van der Waals surface area contributed by atoms with Crippen molar-refractivity contribution >= 4 is 11.5 Å². The molecule has 0 amide bonds. The average molecular weight is 253 g/mol. The van der Waals surface area contributed by atoms with Gasteiger partial charge in [0.25, 0.3) is 5.69 Å². The maximum atomic E-state index is 10.5. The third kappa shape index (κ3) is 4.67. The van der Waals surface area contributed by atoms with E-state index < -0.39 is 4.92 Å². The van der Waals surface area contributed by atoms with Crippen molar-refractivity contribution in [3.63, 3.8) is 0 Å². The summed E-state index contributed by atoms with van der Waals surface area (Å²) < 4.78 is 5.05. The monoisotopic (exact) mass is 253 g/mol. The smallest absolute Gasteiger partial charge is 0.287 e. The normalized spacial score (nSPS) is 11.3. The van der Waals surface area contributed by atoms with Gasteiger partial charge in [-0.05, 0) is 17.9 Å². The molecule has 6 nitrogen and oxygen atoms in total. The SMILES string of the molecule is COCCC(C)(C)CNc1ccc([N+](=O)[O-])cn1. The first kappa shape index (κ1) is 14.4. The van der Waals surface area contributed by atoms with Crippen LogP contribution in [-0.2, 0) is 4.74 Å². The molecular formula is C12H19N3O3. The van der Waals surface area contributed by atoms with Crippen LogP contribution in [0.15, 0.2) is 18.3 Å². The molecule has 0 saturated heterocycles. The molecule has 1 aromatic heterocycles. The van der Waals surface area contributed by atoms with Gasteiger partial charge in [0.15, 0.2) is 0 Å². The molecule has 6 heteroatoms. The Morgan fingerprint density at radius 1 is 1.50 bits per heavy atom. The number of rotatable bonds is 7. The summed E-state index contributed by atoms with van der Waals surface area (Å²) in [5, 5.41) is 13.6. The number of nitrogens with one attached hydrogen (secondary N) is 1. The van der Waals surface area contributed by atoms with Crippen molar-refractivity contribution in [2.24, 2.45) is 5.41 Å². The molecule has 1 aromatic rings. The Morgan fingerprint density at radius 3 is 2.72 bits per heavy atom. The van der Waals surface area contributed by atoms with E-state index >= 15 is 0 Å². The van der Waals surface area contributed by atoms with Gasteiger partial charge in [-0.25, -0.2) is 4.98 Å². The minimum Gasteiger partial charge on any atom is -0.385 e. The van der Waals surface area contributed by atoms with E-state index in [9.17, 15) is 10.1 Å². The van der Waals surface area contributed by atoms with Gasteiger partial charge in [0.2, 0.25) is 0 Å². The number of anilines is 1. The summed E-state index contributed by atoms with van der Waals surface area (Å²) >= 11 is 0. The van der Waals surface area contributed by atoms with Gasteiger partial charge in [-0.2, -0.15) is 0 Å². The van der Waals surface area contributed by atoms with Crippen LogP contribution in [0.5, 0.6) is 0 Å². The molecule has 1 heterocycles. The lowest BCUT2D eigenvalue weighted by Crippen LogP contribution is -2.24. The first-order valence-corrected chi connectivity index (χ1v) is 5.78.